The minimum atomic E-state index is -0.118. The van der Waals surface area contributed by atoms with Crippen molar-refractivity contribution in [1.82, 2.24) is 25.0 Å². The maximum Gasteiger partial charge on any atom is 0.229 e. The first-order valence-electron chi connectivity index (χ1n) is 10.8. The maximum atomic E-state index is 12.9. The molecule has 32 heavy (non-hydrogen) atoms. The van der Waals surface area contributed by atoms with Crippen LogP contribution in [-0.4, -0.2) is 44.0 Å². The Balaban J connectivity index is 1.27. The first kappa shape index (κ1) is 20.1. The van der Waals surface area contributed by atoms with Gasteiger partial charge in [0.2, 0.25) is 5.91 Å². The van der Waals surface area contributed by atoms with Crippen LogP contribution in [0.2, 0.25) is 0 Å². The molecule has 0 aliphatic carbocycles. The van der Waals surface area contributed by atoms with E-state index in [9.17, 15) is 4.79 Å². The number of nitrogens with zero attached hydrogens (tertiary/aromatic N) is 6. The van der Waals surface area contributed by atoms with Gasteiger partial charge in [-0.2, -0.15) is 5.10 Å². The van der Waals surface area contributed by atoms with Gasteiger partial charge in [-0.05, 0) is 57.0 Å². The Morgan fingerprint density at radius 1 is 1.06 bits per heavy atom. The highest BCUT2D eigenvalue weighted by atomic mass is 16.1. The molecule has 0 saturated carbocycles. The molecule has 5 rings (SSSR count). The average molecular weight is 428 g/mol. The zero-order chi connectivity index (χ0) is 22.1. The number of carbonyl (C=O) groups excluding carboxylic acids is 1. The summed E-state index contributed by atoms with van der Waals surface area (Å²) in [4.78, 5) is 19.5. The molecule has 1 fully saturated rings. The number of aromatic nitrogens is 5. The fourth-order valence-corrected chi connectivity index (χ4v) is 4.24. The molecule has 1 unspecified atom stereocenters. The van der Waals surface area contributed by atoms with E-state index in [4.69, 9.17) is 0 Å². The van der Waals surface area contributed by atoms with Gasteiger partial charge in [0.25, 0.3) is 0 Å². The number of hydrogen-bond acceptors (Lipinski definition) is 6. The average Bonchev–Trinajstić information content (AvgIpc) is 3.17. The monoisotopic (exact) mass is 427 g/mol. The van der Waals surface area contributed by atoms with Crippen LogP contribution in [0, 0.1) is 19.8 Å². The molecule has 0 radical (unpaired) electrons. The number of rotatable bonds is 4. The van der Waals surface area contributed by atoms with Crippen molar-refractivity contribution in [2.24, 2.45) is 5.92 Å². The van der Waals surface area contributed by atoms with Crippen LogP contribution in [0.5, 0.6) is 0 Å². The van der Waals surface area contributed by atoms with Crippen molar-refractivity contribution in [2.45, 2.75) is 26.7 Å². The summed E-state index contributed by atoms with van der Waals surface area (Å²) in [5, 5.41) is 17.3. The zero-order valence-corrected chi connectivity index (χ0v) is 18.2. The number of anilines is 2. The van der Waals surface area contributed by atoms with Crippen molar-refractivity contribution in [3.05, 3.63) is 66.1 Å². The maximum absolute atomic E-state index is 12.9. The van der Waals surface area contributed by atoms with Crippen molar-refractivity contribution in [3.63, 3.8) is 0 Å². The van der Waals surface area contributed by atoms with Crippen LogP contribution < -0.4 is 10.2 Å². The number of hydrogen-bond donors (Lipinski definition) is 1. The Bertz CT molecular complexity index is 1270. The van der Waals surface area contributed by atoms with Gasteiger partial charge >= 0.3 is 0 Å². The summed E-state index contributed by atoms with van der Waals surface area (Å²) >= 11 is 0. The van der Waals surface area contributed by atoms with E-state index in [2.05, 4.69) is 30.5 Å². The largest absolute Gasteiger partial charge is 0.354 e. The number of piperidine rings is 1. The number of carbonyl (C=O) groups is 1. The molecule has 4 aromatic rings. The number of nitrogens with one attached hydrogen (secondary N) is 1. The van der Waals surface area contributed by atoms with Gasteiger partial charge in [-0.25, -0.2) is 4.68 Å². The van der Waals surface area contributed by atoms with Crippen LogP contribution >= 0.6 is 0 Å². The summed E-state index contributed by atoms with van der Waals surface area (Å²) in [6, 6.07) is 15.7. The molecule has 1 atom stereocenters. The molecule has 1 amide bonds. The number of aryl methyl sites for hydroxylation is 2. The topological polar surface area (TPSA) is 88.8 Å². The number of benzene rings is 1. The Morgan fingerprint density at radius 2 is 1.88 bits per heavy atom. The minimum absolute atomic E-state index is 0.0130. The molecule has 162 valence electrons. The van der Waals surface area contributed by atoms with E-state index in [1.807, 2.05) is 62.4 Å². The molecular formula is C24H25N7O. The van der Waals surface area contributed by atoms with Gasteiger partial charge in [0.15, 0.2) is 11.6 Å². The minimum Gasteiger partial charge on any atom is -0.354 e. The lowest BCUT2D eigenvalue weighted by Gasteiger charge is -2.32. The third kappa shape index (κ3) is 4.03. The molecule has 1 aliphatic heterocycles. The van der Waals surface area contributed by atoms with Gasteiger partial charge in [-0.15, -0.1) is 10.2 Å². The molecule has 3 aromatic heterocycles. The number of pyridine rings is 1. The fourth-order valence-electron chi connectivity index (χ4n) is 4.24. The summed E-state index contributed by atoms with van der Waals surface area (Å²) in [5.74, 6) is 1.36. The third-order valence-corrected chi connectivity index (χ3v) is 5.84. The Morgan fingerprint density at radius 3 is 2.66 bits per heavy atom. The van der Waals surface area contributed by atoms with E-state index in [-0.39, 0.29) is 11.8 Å². The van der Waals surface area contributed by atoms with Crippen LogP contribution in [0.4, 0.5) is 11.5 Å². The molecule has 4 heterocycles. The summed E-state index contributed by atoms with van der Waals surface area (Å²) in [5.41, 5.74) is 3.60. The second-order valence-electron chi connectivity index (χ2n) is 8.28. The Kier molecular flexibility index (Phi) is 5.26. The van der Waals surface area contributed by atoms with Crippen molar-refractivity contribution in [1.29, 1.82) is 0 Å². The highest BCUT2D eigenvalue weighted by molar-refractivity contribution is 5.94. The second-order valence-corrected chi connectivity index (χ2v) is 8.28. The molecule has 0 spiro atoms. The van der Waals surface area contributed by atoms with Gasteiger partial charge in [0.1, 0.15) is 0 Å². The van der Waals surface area contributed by atoms with Crippen molar-refractivity contribution in [2.75, 3.05) is 23.3 Å². The van der Waals surface area contributed by atoms with E-state index in [0.717, 1.165) is 53.2 Å². The highest BCUT2D eigenvalue weighted by Crippen LogP contribution is 2.24. The normalized spacial score (nSPS) is 16.3. The van der Waals surface area contributed by atoms with E-state index in [0.29, 0.717) is 12.4 Å². The SMILES string of the molecule is Cc1cc(C)n(-c2ccc(N3CCCC(C(=O)Nc4cnc5ccccc5c4)C3)nn2)n1. The number of fused-ring (bicyclic) bond motifs is 1. The van der Waals surface area contributed by atoms with Crippen molar-refractivity contribution < 1.29 is 4.79 Å². The molecule has 1 saturated heterocycles. The summed E-state index contributed by atoms with van der Waals surface area (Å²) in [7, 11) is 0. The van der Waals surface area contributed by atoms with Crippen LogP contribution in [-0.2, 0) is 4.79 Å². The summed E-state index contributed by atoms with van der Waals surface area (Å²) in [6.45, 7) is 5.42. The lowest BCUT2D eigenvalue weighted by atomic mass is 9.97. The molecule has 1 N–H and O–H groups in total. The van der Waals surface area contributed by atoms with Gasteiger partial charge in [0.05, 0.1) is 29.0 Å². The predicted molar refractivity (Wildman–Crippen MR) is 124 cm³/mol. The van der Waals surface area contributed by atoms with Gasteiger partial charge < -0.3 is 10.2 Å². The Labute approximate surface area is 186 Å². The van der Waals surface area contributed by atoms with Gasteiger partial charge in [-0.3, -0.25) is 9.78 Å². The highest BCUT2D eigenvalue weighted by Gasteiger charge is 2.27. The smallest absolute Gasteiger partial charge is 0.229 e. The first-order chi connectivity index (χ1) is 15.6. The van der Waals surface area contributed by atoms with Gasteiger partial charge in [-0.1, -0.05) is 18.2 Å². The van der Waals surface area contributed by atoms with Crippen LogP contribution in [0.3, 0.4) is 0 Å². The summed E-state index contributed by atoms with van der Waals surface area (Å²) < 4.78 is 1.79. The fraction of sp³-hybridized carbons (Fsp3) is 0.292. The lowest BCUT2D eigenvalue weighted by molar-refractivity contribution is -0.120. The molecule has 1 aromatic carbocycles. The Hall–Kier alpha value is -3.81. The van der Waals surface area contributed by atoms with E-state index in [1.54, 1.807) is 10.9 Å². The molecular weight excluding hydrogens is 402 g/mol. The molecule has 8 heteroatoms. The lowest BCUT2D eigenvalue weighted by Crippen LogP contribution is -2.41. The van der Waals surface area contributed by atoms with Crippen molar-refractivity contribution in [3.8, 4) is 5.82 Å². The number of amides is 1. The number of para-hydroxylation sites is 1. The van der Waals surface area contributed by atoms with E-state index < -0.39 is 0 Å². The third-order valence-electron chi connectivity index (χ3n) is 5.84. The second kappa shape index (κ2) is 8.37. The predicted octanol–water partition coefficient (Wildman–Crippen LogP) is 3.68. The van der Waals surface area contributed by atoms with E-state index in [1.165, 1.54) is 0 Å². The quantitative estimate of drug-likeness (QED) is 0.534. The van der Waals surface area contributed by atoms with Crippen LogP contribution in [0.15, 0.2) is 54.7 Å². The van der Waals surface area contributed by atoms with Crippen LogP contribution in [0.1, 0.15) is 24.2 Å². The molecule has 1 aliphatic rings. The molecule has 8 nitrogen and oxygen atoms in total. The zero-order valence-electron chi connectivity index (χ0n) is 18.2. The van der Waals surface area contributed by atoms with Crippen LogP contribution in [0.25, 0.3) is 16.7 Å². The molecule has 0 bridgehead atoms. The standard InChI is InChI=1S/C24H25N7O/c1-16-12-17(2)31(29-16)23-10-9-22(27-28-23)30-11-5-7-19(15-30)24(32)26-20-13-18-6-3-4-8-21(18)25-14-20/h3-4,6,8-10,12-14,19H,5,7,11,15H2,1-2H3,(H,26,32). The van der Waals surface area contributed by atoms with Gasteiger partial charge in [0, 0.05) is 24.2 Å². The summed E-state index contributed by atoms with van der Waals surface area (Å²) in [6.07, 6.45) is 3.49. The van der Waals surface area contributed by atoms with E-state index >= 15 is 0 Å². The first-order valence-corrected chi connectivity index (χ1v) is 10.8. The van der Waals surface area contributed by atoms with Crippen molar-refractivity contribution >= 4 is 28.3 Å².